The second kappa shape index (κ2) is 6.29. The van der Waals surface area contributed by atoms with Crippen LogP contribution in [0.4, 0.5) is 5.69 Å². The molecule has 2 aromatic carbocycles. The van der Waals surface area contributed by atoms with Crippen LogP contribution in [0, 0.1) is 0 Å². The molecule has 0 aromatic heterocycles. The lowest BCUT2D eigenvalue weighted by atomic mass is 10.2. The number of hydrogen-bond acceptors (Lipinski definition) is 1. The maximum Gasteiger partial charge on any atom is 0.0642 e. The molecule has 1 N–H and O–H groups in total. The monoisotopic (exact) mass is 407 g/mol. The Hall–Kier alpha value is -0.220. The number of anilines is 1. The van der Waals surface area contributed by atoms with Crippen LogP contribution in [0.3, 0.4) is 0 Å². The smallest absolute Gasteiger partial charge is 0.0642 e. The van der Waals surface area contributed by atoms with E-state index in [1.807, 2.05) is 30.3 Å². The zero-order valence-corrected chi connectivity index (χ0v) is 13.9. The summed E-state index contributed by atoms with van der Waals surface area (Å²) in [5, 5.41) is 4.49. The van der Waals surface area contributed by atoms with Crippen LogP contribution in [0.15, 0.2) is 45.3 Å². The van der Waals surface area contributed by atoms with Crippen molar-refractivity contribution in [2.75, 3.05) is 5.32 Å². The number of rotatable bonds is 3. The largest absolute Gasteiger partial charge is 0.380 e. The highest BCUT2D eigenvalue weighted by Crippen LogP contribution is 2.29. The Kier molecular flexibility index (Phi) is 4.96. The molecule has 0 saturated heterocycles. The van der Waals surface area contributed by atoms with Gasteiger partial charge in [0.2, 0.25) is 0 Å². The Morgan fingerprint density at radius 3 is 2.56 bits per heavy atom. The first-order valence-electron chi connectivity index (χ1n) is 5.20. The number of hydrogen-bond donors (Lipinski definition) is 1. The van der Waals surface area contributed by atoms with Gasteiger partial charge in [0.15, 0.2) is 0 Å². The predicted molar refractivity (Wildman–Crippen MR) is 85.6 cm³/mol. The molecule has 0 amide bonds. The van der Waals surface area contributed by atoms with Gasteiger partial charge in [0.25, 0.3) is 0 Å². The van der Waals surface area contributed by atoms with Crippen molar-refractivity contribution in [1.29, 1.82) is 0 Å². The van der Waals surface area contributed by atoms with E-state index in [1.165, 1.54) is 0 Å². The Bertz CT molecular complexity index is 573. The van der Waals surface area contributed by atoms with Crippen LogP contribution >= 0.6 is 55.1 Å². The summed E-state index contributed by atoms with van der Waals surface area (Å²) in [6.45, 7) is 0.625. The molecule has 0 atom stereocenters. The first kappa shape index (κ1) is 14.2. The molecule has 0 aliphatic carbocycles. The molecule has 0 spiro atoms. The van der Waals surface area contributed by atoms with Crippen LogP contribution in [-0.4, -0.2) is 0 Å². The van der Waals surface area contributed by atoms with Gasteiger partial charge in [-0.25, -0.2) is 0 Å². The van der Waals surface area contributed by atoms with E-state index in [4.69, 9.17) is 23.2 Å². The average Bonchev–Trinajstić information content (AvgIpc) is 2.33. The van der Waals surface area contributed by atoms with Gasteiger partial charge in [-0.2, -0.15) is 0 Å². The van der Waals surface area contributed by atoms with E-state index >= 15 is 0 Å². The molecule has 94 valence electrons. The maximum absolute atomic E-state index is 6.13. The second-order valence-electron chi connectivity index (χ2n) is 3.69. The lowest BCUT2D eigenvalue weighted by molar-refractivity contribution is 1.15. The third-order valence-corrected chi connectivity index (χ3v) is 4.44. The summed E-state index contributed by atoms with van der Waals surface area (Å²) in [5.41, 5.74) is 1.98. The highest BCUT2D eigenvalue weighted by Gasteiger charge is 2.05. The summed E-state index contributed by atoms with van der Waals surface area (Å²) in [6, 6.07) is 11.6. The summed E-state index contributed by atoms with van der Waals surface area (Å²) < 4.78 is 2.02. The van der Waals surface area contributed by atoms with Crippen molar-refractivity contribution in [1.82, 2.24) is 0 Å². The van der Waals surface area contributed by atoms with Gasteiger partial charge in [-0.3, -0.25) is 0 Å². The first-order valence-corrected chi connectivity index (χ1v) is 7.54. The predicted octanol–water partition coefficient (Wildman–Crippen LogP) is 6.13. The Labute approximate surface area is 133 Å². The summed E-state index contributed by atoms with van der Waals surface area (Å²) in [7, 11) is 0. The van der Waals surface area contributed by atoms with E-state index in [0.29, 0.717) is 16.6 Å². The standard InChI is InChI=1S/C13H9Br2Cl2N/c14-9-4-5-12(10(15)6-9)18-7-8-2-1-3-11(16)13(8)17/h1-6,18H,7H2. The molecule has 0 aliphatic rings. The fourth-order valence-corrected chi connectivity index (χ4v) is 3.08. The Morgan fingerprint density at radius 1 is 1.06 bits per heavy atom. The van der Waals surface area contributed by atoms with Gasteiger partial charge in [0, 0.05) is 21.2 Å². The third-order valence-electron chi connectivity index (χ3n) is 2.43. The lowest BCUT2D eigenvalue weighted by Gasteiger charge is -2.10. The molecule has 18 heavy (non-hydrogen) atoms. The van der Waals surface area contributed by atoms with Gasteiger partial charge >= 0.3 is 0 Å². The van der Waals surface area contributed by atoms with Crippen molar-refractivity contribution in [2.24, 2.45) is 0 Å². The number of halogens is 4. The van der Waals surface area contributed by atoms with Gasteiger partial charge in [0.05, 0.1) is 10.0 Å². The Morgan fingerprint density at radius 2 is 1.83 bits per heavy atom. The molecule has 0 unspecified atom stereocenters. The van der Waals surface area contributed by atoms with E-state index in [0.717, 1.165) is 20.2 Å². The molecule has 0 saturated carbocycles. The van der Waals surface area contributed by atoms with Crippen LogP contribution in [-0.2, 0) is 6.54 Å². The minimum atomic E-state index is 0.575. The van der Waals surface area contributed by atoms with E-state index in [-0.39, 0.29) is 0 Å². The van der Waals surface area contributed by atoms with E-state index in [1.54, 1.807) is 6.07 Å². The molecule has 2 rings (SSSR count). The zero-order valence-electron chi connectivity index (χ0n) is 9.18. The summed E-state index contributed by atoms with van der Waals surface area (Å²) >= 11 is 19.0. The molecule has 5 heteroatoms. The quantitative estimate of drug-likeness (QED) is 0.642. The molecular formula is C13H9Br2Cl2N. The molecular weight excluding hydrogens is 401 g/mol. The van der Waals surface area contributed by atoms with Crippen molar-refractivity contribution < 1.29 is 0 Å². The SMILES string of the molecule is Clc1cccc(CNc2ccc(Br)cc2Br)c1Cl. The topological polar surface area (TPSA) is 12.0 Å². The van der Waals surface area contributed by atoms with E-state index in [2.05, 4.69) is 37.2 Å². The molecule has 0 bridgehead atoms. The van der Waals surface area contributed by atoms with Gasteiger partial charge in [-0.15, -0.1) is 0 Å². The Balaban J connectivity index is 2.14. The number of nitrogens with one attached hydrogen (secondary N) is 1. The molecule has 0 fully saturated rings. The maximum atomic E-state index is 6.13. The zero-order chi connectivity index (χ0) is 13.1. The molecule has 0 heterocycles. The van der Waals surface area contributed by atoms with Crippen LogP contribution in [0.25, 0.3) is 0 Å². The minimum Gasteiger partial charge on any atom is -0.380 e. The van der Waals surface area contributed by atoms with E-state index < -0.39 is 0 Å². The second-order valence-corrected chi connectivity index (χ2v) is 6.25. The van der Waals surface area contributed by atoms with Gasteiger partial charge in [0.1, 0.15) is 0 Å². The molecule has 0 aliphatic heterocycles. The molecule has 2 aromatic rings. The summed E-state index contributed by atoms with van der Waals surface area (Å²) in [4.78, 5) is 0. The van der Waals surface area contributed by atoms with Gasteiger partial charge in [-0.1, -0.05) is 51.3 Å². The average molecular weight is 410 g/mol. The fraction of sp³-hybridized carbons (Fsp3) is 0.0769. The van der Waals surface area contributed by atoms with Crippen LogP contribution in [0.1, 0.15) is 5.56 Å². The highest BCUT2D eigenvalue weighted by molar-refractivity contribution is 9.11. The first-order chi connectivity index (χ1) is 8.58. The lowest BCUT2D eigenvalue weighted by Crippen LogP contribution is -2.00. The summed E-state index contributed by atoms with van der Waals surface area (Å²) in [5.74, 6) is 0. The normalized spacial score (nSPS) is 10.4. The molecule has 0 radical (unpaired) electrons. The van der Waals surface area contributed by atoms with Crippen LogP contribution in [0.2, 0.25) is 10.0 Å². The fourth-order valence-electron chi connectivity index (χ4n) is 1.51. The van der Waals surface area contributed by atoms with Gasteiger partial charge in [-0.05, 0) is 45.8 Å². The van der Waals surface area contributed by atoms with Crippen molar-refractivity contribution in [3.05, 3.63) is 61.0 Å². The third kappa shape index (κ3) is 3.41. The van der Waals surface area contributed by atoms with Crippen LogP contribution in [0.5, 0.6) is 0 Å². The van der Waals surface area contributed by atoms with Crippen LogP contribution < -0.4 is 5.32 Å². The highest BCUT2D eigenvalue weighted by atomic mass is 79.9. The summed E-state index contributed by atoms with van der Waals surface area (Å²) in [6.07, 6.45) is 0. The van der Waals surface area contributed by atoms with Gasteiger partial charge < -0.3 is 5.32 Å². The van der Waals surface area contributed by atoms with Crippen molar-refractivity contribution in [3.8, 4) is 0 Å². The van der Waals surface area contributed by atoms with E-state index in [9.17, 15) is 0 Å². The van der Waals surface area contributed by atoms with Crippen molar-refractivity contribution in [3.63, 3.8) is 0 Å². The number of benzene rings is 2. The van der Waals surface area contributed by atoms with Crippen molar-refractivity contribution >= 4 is 60.7 Å². The minimum absolute atomic E-state index is 0.575. The molecule has 1 nitrogen and oxygen atoms in total. The van der Waals surface area contributed by atoms with Crippen molar-refractivity contribution in [2.45, 2.75) is 6.54 Å².